The van der Waals surface area contributed by atoms with Crippen LogP contribution < -0.4 is 10.6 Å². The van der Waals surface area contributed by atoms with E-state index < -0.39 is 23.5 Å². The minimum Gasteiger partial charge on any atom is -0.481 e. The second kappa shape index (κ2) is 9.02. The number of ether oxygens (including phenoxy) is 1. The summed E-state index contributed by atoms with van der Waals surface area (Å²) >= 11 is 0. The molecule has 32 heavy (non-hydrogen) atoms. The van der Waals surface area contributed by atoms with E-state index in [4.69, 9.17) is 4.74 Å². The number of carbonyl (C=O) groups is 3. The van der Waals surface area contributed by atoms with Crippen LogP contribution in [0, 0.1) is 5.41 Å². The second-order valence-electron chi connectivity index (χ2n) is 8.61. The van der Waals surface area contributed by atoms with Gasteiger partial charge in [0.15, 0.2) is 0 Å². The van der Waals surface area contributed by atoms with Crippen molar-refractivity contribution in [2.24, 2.45) is 5.41 Å². The van der Waals surface area contributed by atoms with Crippen molar-refractivity contribution in [3.8, 4) is 11.1 Å². The van der Waals surface area contributed by atoms with Crippen LogP contribution in [0.4, 0.5) is 4.79 Å². The molecule has 0 saturated heterocycles. The normalized spacial score (nSPS) is 16.4. The zero-order valence-electron chi connectivity index (χ0n) is 18.1. The maximum Gasteiger partial charge on any atom is 0.407 e. The monoisotopic (exact) mass is 436 g/mol. The lowest BCUT2D eigenvalue weighted by atomic mass is 9.98. The maximum absolute atomic E-state index is 12.6. The lowest BCUT2D eigenvalue weighted by Crippen LogP contribution is -2.48. The van der Waals surface area contributed by atoms with Crippen LogP contribution in [-0.2, 0) is 14.3 Å². The minimum atomic E-state index is -0.894. The van der Waals surface area contributed by atoms with Gasteiger partial charge >= 0.3 is 12.1 Å². The minimum absolute atomic E-state index is 0.0584. The number of carboxylic acids is 1. The van der Waals surface area contributed by atoms with Crippen molar-refractivity contribution in [2.75, 3.05) is 13.2 Å². The van der Waals surface area contributed by atoms with Gasteiger partial charge in [-0.05, 0) is 41.5 Å². The molecule has 2 aliphatic rings. The Morgan fingerprint density at radius 1 is 1.06 bits per heavy atom. The Hall–Kier alpha value is -3.35. The quantitative estimate of drug-likeness (QED) is 0.556. The van der Waals surface area contributed by atoms with Gasteiger partial charge in [0.1, 0.15) is 12.6 Å². The summed E-state index contributed by atoms with van der Waals surface area (Å²) < 4.78 is 5.54. The molecule has 1 saturated carbocycles. The third kappa shape index (κ3) is 4.33. The highest BCUT2D eigenvalue weighted by molar-refractivity contribution is 5.87. The van der Waals surface area contributed by atoms with Crippen molar-refractivity contribution in [3.05, 3.63) is 59.7 Å². The van der Waals surface area contributed by atoms with E-state index in [1.165, 1.54) is 0 Å². The van der Waals surface area contributed by atoms with Gasteiger partial charge in [-0.2, -0.15) is 0 Å². The summed E-state index contributed by atoms with van der Waals surface area (Å²) in [7, 11) is 0. The van der Waals surface area contributed by atoms with Gasteiger partial charge in [0.2, 0.25) is 5.91 Å². The second-order valence-corrected chi connectivity index (χ2v) is 8.61. The van der Waals surface area contributed by atoms with Crippen LogP contribution in [-0.4, -0.2) is 42.3 Å². The van der Waals surface area contributed by atoms with Crippen LogP contribution in [0.3, 0.4) is 0 Å². The molecule has 2 amide bonds. The zero-order valence-corrected chi connectivity index (χ0v) is 18.1. The fourth-order valence-electron chi connectivity index (χ4n) is 4.34. The van der Waals surface area contributed by atoms with Crippen molar-refractivity contribution < 1.29 is 24.2 Å². The Bertz CT molecular complexity index is 985. The number of rotatable bonds is 9. The molecule has 7 heteroatoms. The van der Waals surface area contributed by atoms with E-state index in [1.54, 1.807) is 0 Å². The van der Waals surface area contributed by atoms with Gasteiger partial charge in [-0.1, -0.05) is 61.9 Å². The Morgan fingerprint density at radius 3 is 2.19 bits per heavy atom. The van der Waals surface area contributed by atoms with Gasteiger partial charge in [0, 0.05) is 12.5 Å². The van der Waals surface area contributed by atoms with Gasteiger partial charge in [0.25, 0.3) is 0 Å². The number of aliphatic carboxylic acids is 1. The Kier molecular flexibility index (Phi) is 6.17. The van der Waals surface area contributed by atoms with Crippen LogP contribution in [0.1, 0.15) is 49.7 Å². The Balaban J connectivity index is 1.36. The summed E-state index contributed by atoms with van der Waals surface area (Å²) in [6.45, 7) is 2.16. The first kappa shape index (κ1) is 21.9. The highest BCUT2D eigenvalue weighted by Gasteiger charge is 2.50. The van der Waals surface area contributed by atoms with E-state index in [-0.39, 0.29) is 25.0 Å². The third-order valence-electron chi connectivity index (χ3n) is 6.44. The maximum atomic E-state index is 12.6. The van der Waals surface area contributed by atoms with Crippen LogP contribution in [0.25, 0.3) is 11.1 Å². The number of benzene rings is 2. The summed E-state index contributed by atoms with van der Waals surface area (Å²) in [5.74, 6) is -1.33. The molecule has 1 atom stereocenters. The van der Waals surface area contributed by atoms with E-state index in [1.807, 2.05) is 43.3 Å². The van der Waals surface area contributed by atoms with Gasteiger partial charge < -0.3 is 20.5 Å². The fraction of sp³-hybridized carbons (Fsp3) is 0.400. The first-order chi connectivity index (χ1) is 15.4. The van der Waals surface area contributed by atoms with E-state index in [0.717, 1.165) is 22.3 Å². The molecular weight excluding hydrogens is 408 g/mol. The molecule has 1 fully saturated rings. The van der Waals surface area contributed by atoms with Crippen molar-refractivity contribution in [2.45, 2.75) is 44.6 Å². The van der Waals surface area contributed by atoms with Gasteiger partial charge in [0.05, 0.1) is 5.41 Å². The van der Waals surface area contributed by atoms with Crippen LogP contribution in [0.15, 0.2) is 48.5 Å². The van der Waals surface area contributed by atoms with Gasteiger partial charge in [-0.15, -0.1) is 0 Å². The Labute approximate surface area is 187 Å². The molecule has 0 aromatic heterocycles. The predicted molar refractivity (Wildman–Crippen MR) is 119 cm³/mol. The summed E-state index contributed by atoms with van der Waals surface area (Å²) in [5.41, 5.74) is 3.68. The van der Waals surface area contributed by atoms with Crippen molar-refractivity contribution in [1.29, 1.82) is 0 Å². The van der Waals surface area contributed by atoms with Crippen molar-refractivity contribution >= 4 is 18.0 Å². The van der Waals surface area contributed by atoms with Crippen LogP contribution in [0.2, 0.25) is 0 Å². The lowest BCUT2D eigenvalue weighted by molar-refractivity contribution is -0.143. The summed E-state index contributed by atoms with van der Waals surface area (Å²) in [5, 5.41) is 14.6. The number of carbonyl (C=O) groups excluding carboxylic acids is 2. The largest absolute Gasteiger partial charge is 0.481 e. The number of amides is 2. The molecule has 7 nitrogen and oxygen atoms in total. The average Bonchev–Trinajstić information content (AvgIpc) is 3.53. The van der Waals surface area contributed by atoms with E-state index in [0.29, 0.717) is 25.7 Å². The molecule has 2 aromatic rings. The molecule has 168 valence electrons. The molecule has 4 rings (SSSR count). The molecule has 0 bridgehead atoms. The number of carboxylic acid groups (broad SMARTS) is 1. The summed E-state index contributed by atoms with van der Waals surface area (Å²) in [4.78, 5) is 36.4. The first-order valence-corrected chi connectivity index (χ1v) is 11.1. The van der Waals surface area contributed by atoms with Crippen molar-refractivity contribution in [3.63, 3.8) is 0 Å². The SMILES string of the molecule is CCCC(NC(=O)OCC1c2ccccc2-c2ccccc21)C(=O)NCC1(C(=O)O)CC1. The van der Waals surface area contributed by atoms with E-state index in [9.17, 15) is 19.5 Å². The molecule has 0 aliphatic heterocycles. The standard InChI is InChI=1S/C25H28N2O5/c1-2-7-21(22(28)26-15-25(12-13-25)23(29)30)27-24(31)32-14-20-18-10-5-3-8-16(18)17-9-4-6-11-19(17)20/h3-6,8-11,20-21H,2,7,12-15H2,1H3,(H,26,28)(H,27,31)(H,29,30). The number of hydrogen-bond donors (Lipinski definition) is 3. The molecule has 0 spiro atoms. The average molecular weight is 437 g/mol. The predicted octanol–water partition coefficient (Wildman–Crippen LogP) is 3.67. The molecule has 0 radical (unpaired) electrons. The smallest absolute Gasteiger partial charge is 0.407 e. The topological polar surface area (TPSA) is 105 Å². The number of fused-ring (bicyclic) bond motifs is 3. The van der Waals surface area contributed by atoms with Crippen LogP contribution >= 0.6 is 0 Å². The molecule has 3 N–H and O–H groups in total. The zero-order chi connectivity index (χ0) is 22.7. The molecule has 0 heterocycles. The first-order valence-electron chi connectivity index (χ1n) is 11.1. The number of nitrogens with one attached hydrogen (secondary N) is 2. The van der Waals surface area contributed by atoms with Crippen LogP contribution in [0.5, 0.6) is 0 Å². The molecule has 1 unspecified atom stereocenters. The summed E-state index contributed by atoms with van der Waals surface area (Å²) in [6, 6.07) is 15.4. The fourth-order valence-corrected chi connectivity index (χ4v) is 4.34. The Morgan fingerprint density at radius 2 is 1.66 bits per heavy atom. The highest BCUT2D eigenvalue weighted by atomic mass is 16.5. The third-order valence-corrected chi connectivity index (χ3v) is 6.44. The molecule has 2 aliphatic carbocycles. The lowest BCUT2D eigenvalue weighted by Gasteiger charge is -2.20. The highest BCUT2D eigenvalue weighted by Crippen LogP contribution is 2.45. The number of hydrogen-bond acceptors (Lipinski definition) is 4. The van der Waals surface area contributed by atoms with Gasteiger partial charge in [-0.3, -0.25) is 9.59 Å². The van der Waals surface area contributed by atoms with Crippen molar-refractivity contribution in [1.82, 2.24) is 10.6 Å². The number of alkyl carbamates (subject to hydrolysis) is 1. The summed E-state index contributed by atoms with van der Waals surface area (Å²) in [6.07, 6.45) is 1.59. The van der Waals surface area contributed by atoms with Gasteiger partial charge in [-0.25, -0.2) is 4.79 Å². The van der Waals surface area contributed by atoms with E-state index in [2.05, 4.69) is 22.8 Å². The molecular formula is C25H28N2O5. The van der Waals surface area contributed by atoms with E-state index >= 15 is 0 Å². The molecule has 2 aromatic carbocycles.